The molecule has 2 aromatic carbocycles. The predicted octanol–water partition coefficient (Wildman–Crippen LogP) is 4.18. The van der Waals surface area contributed by atoms with Crippen LogP contribution in [-0.4, -0.2) is 4.98 Å². The maximum Gasteiger partial charge on any atom is 0.221 e. The maximum atomic E-state index is 13.6. The van der Waals surface area contributed by atoms with Gasteiger partial charge in [-0.2, -0.15) is 5.26 Å². The van der Waals surface area contributed by atoms with Crippen LogP contribution in [0, 0.1) is 23.0 Å². The van der Waals surface area contributed by atoms with E-state index in [2.05, 4.69) is 4.98 Å². The van der Waals surface area contributed by atoms with Crippen LogP contribution in [-0.2, 0) is 0 Å². The van der Waals surface area contributed by atoms with Crippen molar-refractivity contribution < 1.29 is 13.5 Å². The van der Waals surface area contributed by atoms with E-state index < -0.39 is 11.6 Å². The molecule has 3 aromatic rings. The number of nitriles is 1. The van der Waals surface area contributed by atoms with Gasteiger partial charge in [-0.3, -0.25) is 0 Å². The minimum atomic E-state index is -0.704. The summed E-state index contributed by atoms with van der Waals surface area (Å²) in [6.07, 6.45) is 0. The molecule has 0 atom stereocenters. The van der Waals surface area contributed by atoms with Crippen LogP contribution in [0.1, 0.15) is 5.56 Å². The van der Waals surface area contributed by atoms with Crippen LogP contribution in [0.2, 0.25) is 0 Å². The highest BCUT2D eigenvalue weighted by Crippen LogP contribution is 2.27. The molecule has 0 aliphatic carbocycles. The third kappa shape index (κ3) is 2.51. The monoisotopic (exact) mass is 282 g/mol. The molecule has 0 saturated heterocycles. The second-order valence-electron chi connectivity index (χ2n) is 4.31. The van der Waals surface area contributed by atoms with Crippen molar-refractivity contribution in [3.8, 4) is 17.7 Å². The van der Waals surface area contributed by atoms with Gasteiger partial charge in [0.15, 0.2) is 11.6 Å². The summed E-state index contributed by atoms with van der Waals surface area (Å²) in [5, 5.41) is 9.83. The van der Waals surface area contributed by atoms with Crippen molar-refractivity contribution in [1.29, 1.82) is 5.26 Å². The highest BCUT2D eigenvalue weighted by Gasteiger charge is 2.10. The molecule has 0 radical (unpaired) electrons. The van der Waals surface area contributed by atoms with Gasteiger partial charge in [0, 0.05) is 17.5 Å². The molecule has 0 aliphatic heterocycles. The lowest BCUT2D eigenvalue weighted by Crippen LogP contribution is -1.94. The van der Waals surface area contributed by atoms with Gasteiger partial charge < -0.3 is 4.74 Å². The first kappa shape index (κ1) is 13.0. The quantitative estimate of drug-likeness (QED) is 0.708. The first-order valence-corrected chi connectivity index (χ1v) is 6.10. The Morgan fingerprint density at radius 1 is 1.05 bits per heavy atom. The number of fused-ring (bicyclic) bond motifs is 1. The van der Waals surface area contributed by atoms with Crippen molar-refractivity contribution in [3.05, 3.63) is 65.7 Å². The van der Waals surface area contributed by atoms with Crippen LogP contribution in [0.15, 0.2) is 48.5 Å². The molecular weight excluding hydrogens is 274 g/mol. The molecule has 0 N–H and O–H groups in total. The zero-order valence-electron chi connectivity index (χ0n) is 10.7. The number of rotatable bonds is 2. The number of hydrogen-bond acceptors (Lipinski definition) is 3. The van der Waals surface area contributed by atoms with E-state index in [1.54, 1.807) is 24.3 Å². The zero-order valence-corrected chi connectivity index (χ0v) is 10.7. The van der Waals surface area contributed by atoms with Gasteiger partial charge in [-0.25, -0.2) is 13.8 Å². The Morgan fingerprint density at radius 2 is 1.86 bits per heavy atom. The molecule has 0 fully saturated rings. The largest absolute Gasteiger partial charge is 0.436 e. The number of aromatic nitrogens is 1. The van der Waals surface area contributed by atoms with Crippen molar-refractivity contribution in [2.24, 2.45) is 0 Å². The number of halogens is 2. The standard InChI is InChI=1S/C16H8F2N2O/c17-11-5-6-13(18)15(8-11)21-16-7-10(9-19)12-3-1-2-4-14(12)20-16/h1-8H. The molecule has 1 aromatic heterocycles. The smallest absolute Gasteiger partial charge is 0.221 e. The summed E-state index contributed by atoms with van der Waals surface area (Å²) in [6, 6.07) is 13.4. The van der Waals surface area contributed by atoms with Gasteiger partial charge in [-0.1, -0.05) is 18.2 Å². The molecule has 3 nitrogen and oxygen atoms in total. The van der Waals surface area contributed by atoms with Gasteiger partial charge >= 0.3 is 0 Å². The third-order valence-corrected chi connectivity index (χ3v) is 2.92. The number of para-hydroxylation sites is 1. The SMILES string of the molecule is N#Cc1cc(Oc2cc(F)ccc2F)nc2ccccc12. The molecule has 0 aliphatic rings. The lowest BCUT2D eigenvalue weighted by molar-refractivity contribution is 0.424. The topological polar surface area (TPSA) is 45.9 Å². The fourth-order valence-electron chi connectivity index (χ4n) is 1.96. The Morgan fingerprint density at radius 3 is 2.67 bits per heavy atom. The molecule has 3 rings (SSSR count). The summed E-state index contributed by atoms with van der Waals surface area (Å²) < 4.78 is 32.0. The highest BCUT2D eigenvalue weighted by atomic mass is 19.1. The number of benzene rings is 2. The Bertz CT molecular complexity index is 872. The Balaban J connectivity index is 2.09. The zero-order chi connectivity index (χ0) is 14.8. The number of nitrogens with zero attached hydrogens (tertiary/aromatic N) is 2. The van der Waals surface area contributed by atoms with Crippen molar-refractivity contribution >= 4 is 10.9 Å². The molecule has 1 heterocycles. The Kier molecular flexibility index (Phi) is 3.20. The first-order chi connectivity index (χ1) is 10.2. The van der Waals surface area contributed by atoms with E-state index in [9.17, 15) is 8.78 Å². The summed E-state index contributed by atoms with van der Waals surface area (Å²) in [4.78, 5) is 4.19. The number of pyridine rings is 1. The van der Waals surface area contributed by atoms with Gasteiger partial charge in [0.2, 0.25) is 5.88 Å². The molecule has 0 amide bonds. The highest BCUT2D eigenvalue weighted by molar-refractivity contribution is 5.85. The van der Waals surface area contributed by atoms with Crippen LogP contribution >= 0.6 is 0 Å². The first-order valence-electron chi connectivity index (χ1n) is 6.10. The minimum absolute atomic E-state index is 0.0368. The van der Waals surface area contributed by atoms with Crippen molar-refractivity contribution in [2.75, 3.05) is 0 Å². The van der Waals surface area contributed by atoms with Gasteiger partial charge in [0.25, 0.3) is 0 Å². The summed E-state index contributed by atoms with van der Waals surface area (Å²) >= 11 is 0. The molecule has 21 heavy (non-hydrogen) atoms. The Labute approximate surface area is 119 Å². The average molecular weight is 282 g/mol. The molecular formula is C16H8F2N2O. The van der Waals surface area contributed by atoms with Gasteiger partial charge in [0.05, 0.1) is 11.1 Å². The fraction of sp³-hybridized carbons (Fsp3) is 0. The molecule has 5 heteroatoms. The lowest BCUT2D eigenvalue weighted by Gasteiger charge is -2.08. The molecule has 0 spiro atoms. The normalized spacial score (nSPS) is 10.3. The summed E-state index contributed by atoms with van der Waals surface area (Å²) in [7, 11) is 0. The van der Waals surface area contributed by atoms with E-state index in [0.717, 1.165) is 18.2 Å². The van der Waals surface area contributed by atoms with Crippen LogP contribution in [0.25, 0.3) is 10.9 Å². The second-order valence-corrected chi connectivity index (χ2v) is 4.31. The van der Waals surface area contributed by atoms with E-state index in [1.807, 2.05) is 6.07 Å². The van der Waals surface area contributed by atoms with E-state index in [0.29, 0.717) is 16.5 Å². The van der Waals surface area contributed by atoms with Crippen LogP contribution in [0.3, 0.4) is 0 Å². The summed E-state index contributed by atoms with van der Waals surface area (Å²) in [6.45, 7) is 0. The third-order valence-electron chi connectivity index (χ3n) is 2.92. The summed E-state index contributed by atoms with van der Waals surface area (Å²) in [5.41, 5.74) is 0.899. The van der Waals surface area contributed by atoms with Crippen LogP contribution < -0.4 is 4.74 Å². The number of ether oxygens (including phenoxy) is 1. The lowest BCUT2D eigenvalue weighted by atomic mass is 10.1. The molecule has 102 valence electrons. The second kappa shape index (κ2) is 5.17. The van der Waals surface area contributed by atoms with E-state index >= 15 is 0 Å². The van der Waals surface area contributed by atoms with Crippen LogP contribution in [0.5, 0.6) is 11.6 Å². The van der Waals surface area contributed by atoms with E-state index in [-0.39, 0.29) is 11.6 Å². The predicted molar refractivity (Wildman–Crippen MR) is 72.9 cm³/mol. The average Bonchev–Trinajstić information content (AvgIpc) is 2.50. The number of hydrogen-bond donors (Lipinski definition) is 0. The van der Waals surface area contributed by atoms with Crippen molar-refractivity contribution in [3.63, 3.8) is 0 Å². The van der Waals surface area contributed by atoms with Crippen molar-refractivity contribution in [1.82, 2.24) is 4.98 Å². The van der Waals surface area contributed by atoms with Gasteiger partial charge in [-0.15, -0.1) is 0 Å². The molecule has 0 unspecified atom stereocenters. The van der Waals surface area contributed by atoms with E-state index in [1.165, 1.54) is 6.07 Å². The summed E-state index contributed by atoms with van der Waals surface area (Å²) in [5.74, 6) is -1.56. The molecule has 0 saturated carbocycles. The van der Waals surface area contributed by atoms with Crippen molar-refractivity contribution in [2.45, 2.75) is 0 Å². The fourth-order valence-corrected chi connectivity index (χ4v) is 1.96. The van der Waals surface area contributed by atoms with Gasteiger partial charge in [0.1, 0.15) is 11.9 Å². The minimum Gasteiger partial charge on any atom is -0.436 e. The Hall–Kier alpha value is -3.00. The maximum absolute atomic E-state index is 13.6. The van der Waals surface area contributed by atoms with Gasteiger partial charge in [-0.05, 0) is 18.2 Å². The van der Waals surface area contributed by atoms with Crippen LogP contribution in [0.4, 0.5) is 8.78 Å². The molecule has 0 bridgehead atoms. The van der Waals surface area contributed by atoms with E-state index in [4.69, 9.17) is 10.00 Å².